The first-order valence-corrected chi connectivity index (χ1v) is 5.49. The highest BCUT2D eigenvalue weighted by Gasteiger charge is 2.04. The molecule has 0 saturated heterocycles. The highest BCUT2D eigenvalue weighted by Crippen LogP contribution is 2.28. The van der Waals surface area contributed by atoms with E-state index in [0.717, 1.165) is 11.1 Å². The van der Waals surface area contributed by atoms with Crippen molar-refractivity contribution in [2.75, 3.05) is 12.3 Å². The number of anilines is 1. The van der Waals surface area contributed by atoms with Crippen LogP contribution in [-0.2, 0) is 0 Å². The SMILES string of the molecule is CCOc1ccc(-c2cccc(F)c2)cc1N. The minimum absolute atomic E-state index is 0.255. The van der Waals surface area contributed by atoms with Gasteiger partial charge in [0.2, 0.25) is 0 Å². The Bertz CT molecular complexity index is 525. The molecule has 0 radical (unpaired) electrons. The Balaban J connectivity index is 2.37. The van der Waals surface area contributed by atoms with Gasteiger partial charge in [-0.2, -0.15) is 0 Å². The zero-order valence-corrected chi connectivity index (χ0v) is 9.61. The normalized spacial score (nSPS) is 10.2. The van der Waals surface area contributed by atoms with Crippen LogP contribution in [0.1, 0.15) is 6.92 Å². The molecule has 0 fully saturated rings. The molecule has 2 aromatic carbocycles. The summed E-state index contributed by atoms with van der Waals surface area (Å²) in [5, 5.41) is 0. The average Bonchev–Trinajstić information content (AvgIpc) is 2.32. The minimum Gasteiger partial charge on any atom is -0.492 e. The van der Waals surface area contributed by atoms with Gasteiger partial charge in [-0.25, -0.2) is 4.39 Å². The summed E-state index contributed by atoms with van der Waals surface area (Å²) in [5.74, 6) is 0.405. The molecule has 2 N–H and O–H groups in total. The van der Waals surface area contributed by atoms with Gasteiger partial charge in [-0.15, -0.1) is 0 Å². The molecule has 2 rings (SSSR count). The van der Waals surface area contributed by atoms with Gasteiger partial charge in [0.15, 0.2) is 0 Å². The van der Waals surface area contributed by atoms with E-state index in [1.807, 2.05) is 19.1 Å². The zero-order valence-electron chi connectivity index (χ0n) is 9.61. The van der Waals surface area contributed by atoms with E-state index < -0.39 is 0 Å². The van der Waals surface area contributed by atoms with Gasteiger partial charge in [-0.05, 0) is 42.3 Å². The number of hydrogen-bond acceptors (Lipinski definition) is 2. The summed E-state index contributed by atoms with van der Waals surface area (Å²) in [6.07, 6.45) is 0. The molecule has 0 aromatic heterocycles. The predicted octanol–water partition coefficient (Wildman–Crippen LogP) is 3.47. The molecule has 0 saturated carbocycles. The van der Waals surface area contributed by atoms with Crippen LogP contribution in [0.2, 0.25) is 0 Å². The second-order valence-electron chi connectivity index (χ2n) is 3.70. The minimum atomic E-state index is -0.255. The van der Waals surface area contributed by atoms with E-state index in [0.29, 0.717) is 18.0 Å². The van der Waals surface area contributed by atoms with Crippen molar-refractivity contribution in [1.29, 1.82) is 0 Å². The van der Waals surface area contributed by atoms with Crippen molar-refractivity contribution in [3.8, 4) is 16.9 Å². The summed E-state index contributed by atoms with van der Waals surface area (Å²) in [5.41, 5.74) is 8.11. The van der Waals surface area contributed by atoms with Crippen LogP contribution >= 0.6 is 0 Å². The monoisotopic (exact) mass is 231 g/mol. The molecule has 0 aliphatic heterocycles. The maximum absolute atomic E-state index is 13.1. The fourth-order valence-electron chi connectivity index (χ4n) is 1.68. The number of nitrogen functional groups attached to an aromatic ring is 1. The van der Waals surface area contributed by atoms with Crippen molar-refractivity contribution in [2.45, 2.75) is 6.92 Å². The van der Waals surface area contributed by atoms with Gasteiger partial charge in [-0.1, -0.05) is 18.2 Å². The lowest BCUT2D eigenvalue weighted by molar-refractivity contribution is 0.342. The van der Waals surface area contributed by atoms with Gasteiger partial charge in [-0.3, -0.25) is 0 Å². The van der Waals surface area contributed by atoms with Crippen LogP contribution in [-0.4, -0.2) is 6.61 Å². The van der Waals surface area contributed by atoms with Crippen LogP contribution in [0.25, 0.3) is 11.1 Å². The number of halogens is 1. The third-order valence-corrected chi connectivity index (χ3v) is 2.47. The summed E-state index contributed by atoms with van der Waals surface area (Å²) in [6.45, 7) is 2.48. The molecule has 0 heterocycles. The fourth-order valence-corrected chi connectivity index (χ4v) is 1.68. The lowest BCUT2D eigenvalue weighted by Crippen LogP contribution is -1.96. The number of hydrogen-bond donors (Lipinski definition) is 1. The van der Waals surface area contributed by atoms with Crippen LogP contribution in [0.5, 0.6) is 5.75 Å². The van der Waals surface area contributed by atoms with E-state index in [9.17, 15) is 4.39 Å². The number of ether oxygens (including phenoxy) is 1. The van der Waals surface area contributed by atoms with E-state index in [4.69, 9.17) is 10.5 Å². The summed E-state index contributed by atoms with van der Waals surface area (Å²) in [6, 6.07) is 11.9. The molecule has 0 unspecified atom stereocenters. The number of nitrogens with two attached hydrogens (primary N) is 1. The Morgan fingerprint density at radius 1 is 1.12 bits per heavy atom. The Morgan fingerprint density at radius 3 is 2.53 bits per heavy atom. The molecule has 0 atom stereocenters. The van der Waals surface area contributed by atoms with Gasteiger partial charge in [0.1, 0.15) is 11.6 Å². The predicted molar refractivity (Wildman–Crippen MR) is 67.4 cm³/mol. The molecule has 0 bridgehead atoms. The van der Waals surface area contributed by atoms with Gasteiger partial charge >= 0.3 is 0 Å². The van der Waals surface area contributed by atoms with E-state index in [-0.39, 0.29) is 5.82 Å². The summed E-state index contributed by atoms with van der Waals surface area (Å²) >= 11 is 0. The van der Waals surface area contributed by atoms with Crippen molar-refractivity contribution in [3.63, 3.8) is 0 Å². The third-order valence-electron chi connectivity index (χ3n) is 2.47. The lowest BCUT2D eigenvalue weighted by Gasteiger charge is -2.09. The smallest absolute Gasteiger partial charge is 0.142 e. The molecule has 2 nitrogen and oxygen atoms in total. The van der Waals surface area contributed by atoms with E-state index in [1.165, 1.54) is 12.1 Å². The topological polar surface area (TPSA) is 35.2 Å². The van der Waals surface area contributed by atoms with Crippen molar-refractivity contribution in [3.05, 3.63) is 48.3 Å². The molecule has 0 aliphatic carbocycles. The first-order chi connectivity index (χ1) is 8.20. The number of benzene rings is 2. The van der Waals surface area contributed by atoms with E-state index in [2.05, 4.69) is 0 Å². The molecule has 0 amide bonds. The molecule has 88 valence electrons. The Morgan fingerprint density at radius 2 is 1.88 bits per heavy atom. The summed E-state index contributed by atoms with van der Waals surface area (Å²) < 4.78 is 18.4. The first-order valence-electron chi connectivity index (χ1n) is 5.49. The highest BCUT2D eigenvalue weighted by atomic mass is 19.1. The molecule has 17 heavy (non-hydrogen) atoms. The molecule has 0 aliphatic rings. The van der Waals surface area contributed by atoms with E-state index >= 15 is 0 Å². The Hall–Kier alpha value is -2.03. The largest absolute Gasteiger partial charge is 0.492 e. The fraction of sp³-hybridized carbons (Fsp3) is 0.143. The van der Waals surface area contributed by atoms with Crippen molar-refractivity contribution < 1.29 is 9.13 Å². The maximum atomic E-state index is 13.1. The molecule has 0 spiro atoms. The molecule has 2 aromatic rings. The summed E-state index contributed by atoms with van der Waals surface area (Å²) in [7, 11) is 0. The summed E-state index contributed by atoms with van der Waals surface area (Å²) in [4.78, 5) is 0. The van der Waals surface area contributed by atoms with Crippen molar-refractivity contribution in [1.82, 2.24) is 0 Å². The first kappa shape index (κ1) is 11.5. The molecular formula is C14H14FNO. The Kier molecular flexibility index (Phi) is 3.28. The van der Waals surface area contributed by atoms with E-state index in [1.54, 1.807) is 18.2 Å². The second-order valence-corrected chi connectivity index (χ2v) is 3.70. The standard InChI is InChI=1S/C14H14FNO/c1-2-17-14-7-6-11(9-13(14)16)10-4-3-5-12(15)8-10/h3-9H,2,16H2,1H3. The highest BCUT2D eigenvalue weighted by molar-refractivity contribution is 5.70. The average molecular weight is 231 g/mol. The van der Waals surface area contributed by atoms with Crippen molar-refractivity contribution >= 4 is 5.69 Å². The van der Waals surface area contributed by atoms with Crippen LogP contribution in [0, 0.1) is 5.82 Å². The van der Waals surface area contributed by atoms with Crippen molar-refractivity contribution in [2.24, 2.45) is 0 Å². The Labute approximate surface area is 99.8 Å². The third kappa shape index (κ3) is 2.56. The van der Waals surface area contributed by atoms with Crippen LogP contribution < -0.4 is 10.5 Å². The zero-order chi connectivity index (χ0) is 12.3. The second kappa shape index (κ2) is 4.87. The lowest BCUT2D eigenvalue weighted by atomic mass is 10.0. The quantitative estimate of drug-likeness (QED) is 0.821. The molecular weight excluding hydrogens is 217 g/mol. The van der Waals surface area contributed by atoms with Gasteiger partial charge in [0, 0.05) is 0 Å². The van der Waals surface area contributed by atoms with Gasteiger partial charge < -0.3 is 10.5 Å². The molecule has 3 heteroatoms. The number of rotatable bonds is 3. The maximum Gasteiger partial charge on any atom is 0.142 e. The van der Waals surface area contributed by atoms with Crippen LogP contribution in [0.3, 0.4) is 0 Å². The van der Waals surface area contributed by atoms with Crippen LogP contribution in [0.15, 0.2) is 42.5 Å². The van der Waals surface area contributed by atoms with Gasteiger partial charge in [0.25, 0.3) is 0 Å². The van der Waals surface area contributed by atoms with Gasteiger partial charge in [0.05, 0.1) is 12.3 Å². The van der Waals surface area contributed by atoms with Crippen LogP contribution in [0.4, 0.5) is 10.1 Å².